The lowest BCUT2D eigenvalue weighted by Gasteiger charge is -2.23. The zero-order valence-electron chi connectivity index (χ0n) is 15.5. The first-order valence-electron chi connectivity index (χ1n) is 8.72. The molecule has 1 aliphatic heterocycles. The summed E-state index contributed by atoms with van der Waals surface area (Å²) in [5.41, 5.74) is 6.61. The molecule has 0 radical (unpaired) electrons. The molecule has 0 bridgehead atoms. The van der Waals surface area contributed by atoms with Crippen LogP contribution < -0.4 is 15.2 Å². The van der Waals surface area contributed by atoms with Gasteiger partial charge in [0.2, 0.25) is 0 Å². The Morgan fingerprint density at radius 2 is 1.82 bits per heavy atom. The molecule has 7 nitrogen and oxygen atoms in total. The highest BCUT2D eigenvalue weighted by molar-refractivity contribution is 7.92. The van der Waals surface area contributed by atoms with E-state index in [1.54, 1.807) is 36.3 Å². The SMILES string of the molecule is COc1ccc(NS(=O)(=O)c2ccc(C(=O)N3CCCC3CN)cc2)cc1.Cl. The number of ether oxygens (including phenoxy) is 1. The molecule has 2 aromatic rings. The van der Waals surface area contributed by atoms with Crippen LogP contribution in [0.5, 0.6) is 5.75 Å². The van der Waals surface area contributed by atoms with Gasteiger partial charge in [0.15, 0.2) is 0 Å². The van der Waals surface area contributed by atoms with Gasteiger partial charge in [-0.25, -0.2) is 8.42 Å². The number of anilines is 1. The lowest BCUT2D eigenvalue weighted by atomic mass is 10.1. The molecule has 1 aliphatic rings. The first-order chi connectivity index (χ1) is 12.9. The second-order valence-corrected chi connectivity index (χ2v) is 8.07. The summed E-state index contributed by atoms with van der Waals surface area (Å²) in [4.78, 5) is 14.5. The van der Waals surface area contributed by atoms with Crippen molar-refractivity contribution in [3.8, 4) is 5.75 Å². The quantitative estimate of drug-likeness (QED) is 0.740. The van der Waals surface area contributed by atoms with E-state index in [-0.39, 0.29) is 29.3 Å². The van der Waals surface area contributed by atoms with Gasteiger partial charge in [0, 0.05) is 30.4 Å². The average Bonchev–Trinajstić information content (AvgIpc) is 3.16. The van der Waals surface area contributed by atoms with Crippen LogP contribution in [0.3, 0.4) is 0 Å². The van der Waals surface area contributed by atoms with Crippen LogP contribution in [0, 0.1) is 0 Å². The van der Waals surface area contributed by atoms with Gasteiger partial charge >= 0.3 is 0 Å². The van der Waals surface area contributed by atoms with E-state index in [2.05, 4.69) is 4.72 Å². The molecule has 1 heterocycles. The summed E-state index contributed by atoms with van der Waals surface area (Å²) in [6, 6.07) is 12.6. The van der Waals surface area contributed by atoms with Crippen molar-refractivity contribution in [2.45, 2.75) is 23.8 Å². The predicted molar refractivity (Wildman–Crippen MR) is 111 cm³/mol. The van der Waals surface area contributed by atoms with Crippen molar-refractivity contribution in [2.75, 3.05) is 24.9 Å². The van der Waals surface area contributed by atoms with Crippen LogP contribution in [0.25, 0.3) is 0 Å². The molecule has 2 aromatic carbocycles. The Hall–Kier alpha value is -2.29. The van der Waals surface area contributed by atoms with Crippen molar-refractivity contribution in [3.63, 3.8) is 0 Å². The number of carbonyl (C=O) groups is 1. The molecule has 152 valence electrons. The fraction of sp³-hybridized carbons (Fsp3) is 0.316. The van der Waals surface area contributed by atoms with Gasteiger partial charge in [-0.15, -0.1) is 12.4 Å². The van der Waals surface area contributed by atoms with Crippen LogP contribution in [0.2, 0.25) is 0 Å². The monoisotopic (exact) mass is 425 g/mol. The Morgan fingerprint density at radius 1 is 1.18 bits per heavy atom. The van der Waals surface area contributed by atoms with E-state index in [4.69, 9.17) is 10.5 Å². The summed E-state index contributed by atoms with van der Waals surface area (Å²) in [6.07, 6.45) is 1.84. The van der Waals surface area contributed by atoms with Crippen molar-refractivity contribution >= 4 is 34.0 Å². The normalized spacial score (nSPS) is 16.4. The Bertz CT molecular complexity index is 902. The summed E-state index contributed by atoms with van der Waals surface area (Å²) in [5, 5.41) is 0. The Labute approximate surface area is 171 Å². The Kier molecular flexibility index (Phi) is 7.29. The molecule has 3 rings (SSSR count). The van der Waals surface area contributed by atoms with Crippen LogP contribution in [0.15, 0.2) is 53.4 Å². The van der Waals surface area contributed by atoms with E-state index >= 15 is 0 Å². The minimum Gasteiger partial charge on any atom is -0.497 e. The average molecular weight is 426 g/mol. The number of amides is 1. The number of likely N-dealkylation sites (tertiary alicyclic amines) is 1. The highest BCUT2D eigenvalue weighted by Crippen LogP contribution is 2.22. The van der Waals surface area contributed by atoms with Crippen molar-refractivity contribution in [1.82, 2.24) is 4.90 Å². The molecule has 0 spiro atoms. The molecule has 0 aliphatic carbocycles. The molecule has 1 unspecified atom stereocenters. The zero-order valence-corrected chi connectivity index (χ0v) is 17.1. The molecule has 1 saturated heterocycles. The summed E-state index contributed by atoms with van der Waals surface area (Å²) in [5.74, 6) is 0.522. The first kappa shape index (κ1) is 22.0. The van der Waals surface area contributed by atoms with Gasteiger partial charge in [-0.1, -0.05) is 0 Å². The molecule has 1 amide bonds. The number of carbonyl (C=O) groups excluding carboxylic acids is 1. The van der Waals surface area contributed by atoms with E-state index in [1.807, 2.05) is 0 Å². The number of sulfonamides is 1. The molecular weight excluding hydrogens is 402 g/mol. The van der Waals surface area contributed by atoms with Crippen LogP contribution in [-0.2, 0) is 10.0 Å². The number of benzene rings is 2. The molecule has 28 heavy (non-hydrogen) atoms. The minimum absolute atomic E-state index is 0. The maximum Gasteiger partial charge on any atom is 0.261 e. The number of hydrogen-bond donors (Lipinski definition) is 2. The van der Waals surface area contributed by atoms with Crippen molar-refractivity contribution in [2.24, 2.45) is 5.73 Å². The van der Waals surface area contributed by atoms with E-state index < -0.39 is 10.0 Å². The van der Waals surface area contributed by atoms with Crippen LogP contribution in [0.4, 0.5) is 5.69 Å². The number of halogens is 1. The largest absolute Gasteiger partial charge is 0.497 e. The molecule has 1 fully saturated rings. The first-order valence-corrected chi connectivity index (χ1v) is 10.2. The van der Waals surface area contributed by atoms with Gasteiger partial charge < -0.3 is 15.4 Å². The fourth-order valence-corrected chi connectivity index (χ4v) is 4.22. The lowest BCUT2D eigenvalue weighted by Crippen LogP contribution is -2.39. The molecule has 9 heteroatoms. The topological polar surface area (TPSA) is 102 Å². The summed E-state index contributed by atoms with van der Waals surface area (Å²) in [6.45, 7) is 1.11. The van der Waals surface area contributed by atoms with Gasteiger partial charge in [0.25, 0.3) is 15.9 Å². The van der Waals surface area contributed by atoms with Crippen LogP contribution in [-0.4, -0.2) is 45.5 Å². The van der Waals surface area contributed by atoms with Crippen LogP contribution in [0.1, 0.15) is 23.2 Å². The Morgan fingerprint density at radius 3 is 2.39 bits per heavy atom. The molecule has 0 aromatic heterocycles. The predicted octanol–water partition coefficient (Wildman–Crippen LogP) is 2.48. The smallest absolute Gasteiger partial charge is 0.261 e. The van der Waals surface area contributed by atoms with Crippen molar-refractivity contribution < 1.29 is 17.9 Å². The van der Waals surface area contributed by atoms with Gasteiger partial charge in [-0.05, 0) is 61.4 Å². The third-order valence-electron chi connectivity index (χ3n) is 4.66. The Balaban J connectivity index is 0.00000280. The second-order valence-electron chi connectivity index (χ2n) is 6.39. The number of rotatable bonds is 6. The summed E-state index contributed by atoms with van der Waals surface area (Å²) in [7, 11) is -2.20. The van der Waals surface area contributed by atoms with Gasteiger partial charge in [0.1, 0.15) is 5.75 Å². The summed E-state index contributed by atoms with van der Waals surface area (Å²) < 4.78 is 32.6. The number of hydrogen-bond acceptors (Lipinski definition) is 5. The highest BCUT2D eigenvalue weighted by atomic mass is 35.5. The van der Waals surface area contributed by atoms with E-state index in [0.29, 0.717) is 30.1 Å². The number of nitrogens with zero attached hydrogens (tertiary/aromatic N) is 1. The number of methoxy groups -OCH3 is 1. The lowest BCUT2D eigenvalue weighted by molar-refractivity contribution is 0.0741. The maximum absolute atomic E-state index is 12.6. The second kappa shape index (κ2) is 9.27. The summed E-state index contributed by atoms with van der Waals surface area (Å²) >= 11 is 0. The number of nitrogens with two attached hydrogens (primary N) is 1. The third-order valence-corrected chi connectivity index (χ3v) is 6.06. The maximum atomic E-state index is 12.6. The minimum atomic E-state index is -3.75. The fourth-order valence-electron chi connectivity index (χ4n) is 3.16. The van der Waals surface area contributed by atoms with Gasteiger partial charge in [-0.3, -0.25) is 9.52 Å². The molecule has 1 atom stereocenters. The van der Waals surface area contributed by atoms with E-state index in [1.165, 1.54) is 24.3 Å². The van der Waals surface area contributed by atoms with Crippen molar-refractivity contribution in [3.05, 3.63) is 54.1 Å². The zero-order chi connectivity index (χ0) is 19.4. The van der Waals surface area contributed by atoms with Gasteiger partial charge in [-0.2, -0.15) is 0 Å². The molecular formula is C19H24ClN3O4S. The molecule has 0 saturated carbocycles. The number of nitrogens with one attached hydrogen (secondary N) is 1. The van der Waals surface area contributed by atoms with Crippen LogP contribution >= 0.6 is 12.4 Å². The standard InChI is InChI=1S/C19H23N3O4S.ClH/c1-26-17-8-6-15(7-9-17)21-27(24,25)18-10-4-14(5-11-18)19(23)22-12-2-3-16(22)13-20;/h4-11,16,21H,2-3,12-13,20H2,1H3;1H. The highest BCUT2D eigenvalue weighted by Gasteiger charge is 2.28. The van der Waals surface area contributed by atoms with E-state index in [0.717, 1.165) is 12.8 Å². The van der Waals surface area contributed by atoms with Crippen molar-refractivity contribution in [1.29, 1.82) is 0 Å². The van der Waals surface area contributed by atoms with Gasteiger partial charge in [0.05, 0.1) is 12.0 Å². The van der Waals surface area contributed by atoms with E-state index in [9.17, 15) is 13.2 Å². The molecule has 3 N–H and O–H groups in total. The third kappa shape index (κ3) is 4.76.